The van der Waals surface area contributed by atoms with Crippen LogP contribution in [0.1, 0.15) is 33.1 Å². The third-order valence-electron chi connectivity index (χ3n) is 4.39. The van der Waals surface area contributed by atoms with Crippen molar-refractivity contribution in [2.75, 3.05) is 12.4 Å². The summed E-state index contributed by atoms with van der Waals surface area (Å²) in [6.45, 7) is 5.76. The van der Waals surface area contributed by atoms with E-state index in [1.165, 1.54) is 6.08 Å². The molecule has 0 fully saturated rings. The molecule has 3 rings (SSSR count). The third-order valence-corrected chi connectivity index (χ3v) is 4.39. The average molecular weight is 378 g/mol. The van der Waals surface area contributed by atoms with Crippen molar-refractivity contribution in [3.8, 4) is 5.82 Å². The Kier molecular flexibility index (Phi) is 5.44. The van der Waals surface area contributed by atoms with Gasteiger partial charge < -0.3 is 15.2 Å². The maximum Gasteiger partial charge on any atom is 0.253 e. The molecule has 0 aliphatic heterocycles. The second kappa shape index (κ2) is 7.96. The van der Waals surface area contributed by atoms with Crippen LogP contribution in [-0.4, -0.2) is 28.6 Å². The van der Waals surface area contributed by atoms with Gasteiger partial charge in [0.1, 0.15) is 5.76 Å². The lowest BCUT2D eigenvalue weighted by atomic mass is 10.1. The maximum absolute atomic E-state index is 12.4. The van der Waals surface area contributed by atoms with E-state index in [0.717, 1.165) is 22.7 Å². The molecular weight excluding hydrogens is 356 g/mol. The first-order valence-corrected chi connectivity index (χ1v) is 8.83. The van der Waals surface area contributed by atoms with Gasteiger partial charge in [-0.2, -0.15) is 0 Å². The summed E-state index contributed by atoms with van der Waals surface area (Å²) in [6.07, 6.45) is 3.18. The van der Waals surface area contributed by atoms with E-state index in [-0.39, 0.29) is 11.8 Å². The molecule has 1 aromatic carbocycles. The molecule has 0 radical (unpaired) electrons. The number of hydrogen-bond donors (Lipinski definition) is 2. The SMILES string of the molecule is CNC(=O)c1ccccc1NC(=O)/C=C/c1cc(C)n(-c2cc(C)on2)c1C. The highest BCUT2D eigenvalue weighted by atomic mass is 16.5. The molecule has 3 aromatic rings. The van der Waals surface area contributed by atoms with Gasteiger partial charge in [-0.05, 0) is 50.6 Å². The van der Waals surface area contributed by atoms with E-state index in [4.69, 9.17) is 4.52 Å². The van der Waals surface area contributed by atoms with Crippen molar-refractivity contribution < 1.29 is 14.1 Å². The predicted octanol–water partition coefficient (Wildman–Crippen LogP) is 3.40. The molecule has 0 spiro atoms. The fourth-order valence-electron chi connectivity index (χ4n) is 3.03. The van der Waals surface area contributed by atoms with Crippen molar-refractivity contribution in [1.82, 2.24) is 15.0 Å². The molecule has 144 valence electrons. The zero-order valence-electron chi connectivity index (χ0n) is 16.2. The van der Waals surface area contributed by atoms with Crippen molar-refractivity contribution >= 4 is 23.6 Å². The summed E-state index contributed by atoms with van der Waals surface area (Å²) >= 11 is 0. The molecule has 2 amide bonds. The van der Waals surface area contributed by atoms with E-state index in [1.54, 1.807) is 37.4 Å². The van der Waals surface area contributed by atoms with Gasteiger partial charge in [-0.3, -0.25) is 14.2 Å². The highest BCUT2D eigenvalue weighted by Gasteiger charge is 2.13. The Balaban J connectivity index is 1.80. The number of nitrogens with one attached hydrogen (secondary N) is 2. The molecule has 0 saturated carbocycles. The van der Waals surface area contributed by atoms with Crippen LogP contribution in [0.3, 0.4) is 0 Å². The first-order valence-electron chi connectivity index (χ1n) is 8.83. The van der Waals surface area contributed by atoms with Crippen LogP contribution in [0.4, 0.5) is 5.69 Å². The smallest absolute Gasteiger partial charge is 0.253 e. The summed E-state index contributed by atoms with van der Waals surface area (Å²) < 4.78 is 7.12. The average Bonchev–Trinajstić information content (AvgIpc) is 3.22. The molecule has 0 unspecified atom stereocenters. The Labute approximate surface area is 163 Å². The zero-order chi connectivity index (χ0) is 20.3. The number of benzene rings is 1. The summed E-state index contributed by atoms with van der Waals surface area (Å²) in [6, 6.07) is 10.7. The van der Waals surface area contributed by atoms with Crippen LogP contribution >= 0.6 is 0 Å². The van der Waals surface area contributed by atoms with E-state index < -0.39 is 0 Å². The van der Waals surface area contributed by atoms with E-state index in [2.05, 4.69) is 15.8 Å². The molecule has 7 heteroatoms. The minimum atomic E-state index is -0.321. The summed E-state index contributed by atoms with van der Waals surface area (Å²) in [5.41, 5.74) is 3.69. The lowest BCUT2D eigenvalue weighted by molar-refractivity contribution is -0.111. The lowest BCUT2D eigenvalue weighted by Gasteiger charge is -2.08. The molecule has 0 atom stereocenters. The standard InChI is InChI=1S/C21H22N4O3/c1-13-11-16(15(3)25(13)19-12-14(2)28-24-19)9-10-20(26)23-18-8-6-5-7-17(18)21(27)22-4/h5-12H,1-4H3,(H,22,27)(H,23,26)/b10-9+. The van der Waals surface area contributed by atoms with Gasteiger partial charge in [0.05, 0.1) is 11.3 Å². The Morgan fingerprint density at radius 3 is 2.57 bits per heavy atom. The molecule has 0 saturated heterocycles. The molecule has 2 N–H and O–H groups in total. The van der Waals surface area contributed by atoms with E-state index in [9.17, 15) is 9.59 Å². The number of anilines is 1. The summed E-state index contributed by atoms with van der Waals surface area (Å²) in [4.78, 5) is 24.3. The van der Waals surface area contributed by atoms with Crippen molar-refractivity contribution in [3.05, 3.63) is 70.7 Å². The maximum atomic E-state index is 12.4. The van der Waals surface area contributed by atoms with Gasteiger partial charge in [-0.25, -0.2) is 0 Å². The van der Waals surface area contributed by atoms with Crippen LogP contribution in [0.2, 0.25) is 0 Å². The zero-order valence-corrected chi connectivity index (χ0v) is 16.2. The van der Waals surface area contributed by atoms with Crippen LogP contribution in [0.5, 0.6) is 0 Å². The fourth-order valence-corrected chi connectivity index (χ4v) is 3.03. The van der Waals surface area contributed by atoms with Crippen LogP contribution in [0.15, 0.2) is 47.0 Å². The molecule has 7 nitrogen and oxygen atoms in total. The van der Waals surface area contributed by atoms with E-state index in [0.29, 0.717) is 17.1 Å². The fraction of sp³-hybridized carbons (Fsp3) is 0.190. The lowest BCUT2D eigenvalue weighted by Crippen LogP contribution is -2.20. The number of rotatable bonds is 5. The molecule has 28 heavy (non-hydrogen) atoms. The first kappa shape index (κ1) is 19.2. The number of carbonyl (C=O) groups is 2. The Bertz CT molecular complexity index is 1060. The molecule has 2 aromatic heterocycles. The summed E-state index contributed by atoms with van der Waals surface area (Å²) in [5.74, 6) is 0.856. The van der Waals surface area contributed by atoms with Gasteiger partial charge in [0.15, 0.2) is 5.82 Å². The number of hydrogen-bond acceptors (Lipinski definition) is 4. The van der Waals surface area contributed by atoms with Crippen molar-refractivity contribution in [2.24, 2.45) is 0 Å². The molecular formula is C21H22N4O3. The number of amides is 2. The normalized spacial score (nSPS) is 11.0. The van der Waals surface area contributed by atoms with Crippen LogP contribution in [-0.2, 0) is 4.79 Å². The van der Waals surface area contributed by atoms with Crippen molar-refractivity contribution in [3.63, 3.8) is 0 Å². The largest absolute Gasteiger partial charge is 0.360 e. The van der Waals surface area contributed by atoms with Gasteiger partial charge in [-0.15, -0.1) is 0 Å². The number of para-hydroxylation sites is 1. The number of aromatic nitrogens is 2. The van der Waals surface area contributed by atoms with Crippen molar-refractivity contribution in [1.29, 1.82) is 0 Å². The predicted molar refractivity (Wildman–Crippen MR) is 108 cm³/mol. The topological polar surface area (TPSA) is 89.2 Å². The Hall–Kier alpha value is -3.61. The molecule has 2 heterocycles. The van der Waals surface area contributed by atoms with Gasteiger partial charge in [0.25, 0.3) is 5.91 Å². The van der Waals surface area contributed by atoms with Gasteiger partial charge in [0, 0.05) is 30.6 Å². The molecule has 0 bridgehead atoms. The highest BCUT2D eigenvalue weighted by Crippen LogP contribution is 2.22. The van der Waals surface area contributed by atoms with Gasteiger partial charge >= 0.3 is 0 Å². The van der Waals surface area contributed by atoms with Crippen molar-refractivity contribution in [2.45, 2.75) is 20.8 Å². The third kappa shape index (κ3) is 3.88. The Morgan fingerprint density at radius 2 is 1.89 bits per heavy atom. The highest BCUT2D eigenvalue weighted by molar-refractivity contribution is 6.07. The monoisotopic (exact) mass is 378 g/mol. The Morgan fingerprint density at radius 1 is 1.14 bits per heavy atom. The number of nitrogens with zero attached hydrogens (tertiary/aromatic N) is 2. The second-order valence-electron chi connectivity index (χ2n) is 6.40. The van der Waals surface area contributed by atoms with E-state index in [1.807, 2.05) is 37.5 Å². The number of aryl methyl sites for hydroxylation is 2. The van der Waals surface area contributed by atoms with Gasteiger partial charge in [0.2, 0.25) is 5.91 Å². The van der Waals surface area contributed by atoms with Gasteiger partial charge in [-0.1, -0.05) is 17.3 Å². The summed E-state index contributed by atoms with van der Waals surface area (Å²) in [5, 5.41) is 9.37. The summed E-state index contributed by atoms with van der Waals surface area (Å²) in [7, 11) is 1.55. The quantitative estimate of drug-likeness (QED) is 0.666. The van der Waals surface area contributed by atoms with Crippen LogP contribution in [0, 0.1) is 20.8 Å². The van der Waals surface area contributed by atoms with Crippen LogP contribution in [0.25, 0.3) is 11.9 Å². The first-order chi connectivity index (χ1) is 13.4. The van der Waals surface area contributed by atoms with E-state index >= 15 is 0 Å². The minimum absolute atomic E-state index is 0.258. The minimum Gasteiger partial charge on any atom is -0.360 e. The molecule has 0 aliphatic rings. The molecule has 0 aliphatic carbocycles. The second-order valence-corrected chi connectivity index (χ2v) is 6.40. The van der Waals surface area contributed by atoms with Crippen LogP contribution < -0.4 is 10.6 Å². The number of carbonyl (C=O) groups excluding carboxylic acids is 2.